The highest BCUT2D eigenvalue weighted by atomic mass is 32.1. The van der Waals surface area contributed by atoms with Crippen molar-refractivity contribution in [2.24, 2.45) is 11.7 Å². The lowest BCUT2D eigenvalue weighted by Crippen LogP contribution is -2.34. The van der Waals surface area contributed by atoms with Crippen LogP contribution in [0.25, 0.3) is 0 Å². The molecule has 2 N–H and O–H groups in total. The predicted molar refractivity (Wildman–Crippen MR) is 91.0 cm³/mol. The predicted octanol–water partition coefficient (Wildman–Crippen LogP) is 2.34. The minimum absolute atomic E-state index is 0.484. The number of rotatable bonds is 8. The zero-order valence-electron chi connectivity index (χ0n) is 13.1. The molecule has 0 aliphatic rings. The molecule has 0 saturated heterocycles. The van der Waals surface area contributed by atoms with Crippen molar-refractivity contribution in [3.05, 3.63) is 35.4 Å². The zero-order chi connectivity index (χ0) is 15.1. The Hall–Kier alpha value is -0.970. The van der Waals surface area contributed by atoms with Crippen molar-refractivity contribution in [2.75, 3.05) is 33.7 Å². The van der Waals surface area contributed by atoms with Gasteiger partial charge < -0.3 is 10.6 Å². The summed E-state index contributed by atoms with van der Waals surface area (Å²) in [6, 6.07) is 8.18. The van der Waals surface area contributed by atoms with Crippen LogP contribution in [-0.4, -0.2) is 48.5 Å². The van der Waals surface area contributed by atoms with Crippen molar-refractivity contribution in [1.29, 1.82) is 0 Å². The fourth-order valence-corrected chi connectivity index (χ4v) is 2.43. The maximum Gasteiger partial charge on any atom is 0.104 e. The molecular formula is C16H27N3S. The minimum atomic E-state index is 0.484. The van der Waals surface area contributed by atoms with Crippen LogP contribution in [0.2, 0.25) is 0 Å². The Labute approximate surface area is 128 Å². The normalized spacial score (nSPS) is 11.6. The van der Waals surface area contributed by atoms with Crippen molar-refractivity contribution >= 4 is 17.2 Å². The third kappa shape index (κ3) is 5.99. The van der Waals surface area contributed by atoms with Crippen LogP contribution >= 0.6 is 12.2 Å². The van der Waals surface area contributed by atoms with Crippen LogP contribution in [0.5, 0.6) is 0 Å². The lowest BCUT2D eigenvalue weighted by molar-refractivity contribution is 0.211. The molecule has 0 bridgehead atoms. The summed E-state index contributed by atoms with van der Waals surface area (Å²) in [5.74, 6) is 0.647. The van der Waals surface area contributed by atoms with Gasteiger partial charge >= 0.3 is 0 Å². The first-order chi connectivity index (χ1) is 9.40. The Morgan fingerprint density at radius 1 is 1.20 bits per heavy atom. The van der Waals surface area contributed by atoms with E-state index in [-0.39, 0.29) is 0 Å². The molecule has 0 heterocycles. The highest BCUT2D eigenvalue weighted by molar-refractivity contribution is 7.80. The van der Waals surface area contributed by atoms with E-state index in [1.165, 1.54) is 5.56 Å². The molecule has 1 aromatic rings. The Balaban J connectivity index is 2.80. The van der Waals surface area contributed by atoms with Crippen molar-refractivity contribution in [2.45, 2.75) is 20.4 Å². The highest BCUT2D eigenvalue weighted by Crippen LogP contribution is 2.13. The van der Waals surface area contributed by atoms with E-state index in [1.807, 2.05) is 12.1 Å². The van der Waals surface area contributed by atoms with E-state index >= 15 is 0 Å². The van der Waals surface area contributed by atoms with E-state index < -0.39 is 0 Å². The summed E-state index contributed by atoms with van der Waals surface area (Å²) >= 11 is 5.15. The van der Waals surface area contributed by atoms with Gasteiger partial charge in [0.15, 0.2) is 0 Å². The van der Waals surface area contributed by atoms with Crippen molar-refractivity contribution in [3.63, 3.8) is 0 Å². The second-order valence-corrected chi connectivity index (χ2v) is 6.39. The fourth-order valence-electron chi connectivity index (χ4n) is 2.23. The second kappa shape index (κ2) is 8.35. The second-order valence-electron chi connectivity index (χ2n) is 5.95. The molecule has 0 amide bonds. The summed E-state index contributed by atoms with van der Waals surface area (Å²) in [5, 5.41) is 0. The third-order valence-corrected chi connectivity index (χ3v) is 3.38. The molecule has 0 fully saturated rings. The quantitative estimate of drug-likeness (QED) is 0.746. The lowest BCUT2D eigenvalue weighted by Gasteiger charge is -2.26. The maximum atomic E-state index is 5.82. The van der Waals surface area contributed by atoms with Crippen LogP contribution in [0.3, 0.4) is 0 Å². The average molecular weight is 293 g/mol. The molecule has 3 nitrogen and oxygen atoms in total. The van der Waals surface area contributed by atoms with E-state index in [9.17, 15) is 0 Å². The SMILES string of the molecule is CC(C)CN(CCN(C)C)Cc1ccccc1C(N)=S. The Kier molecular flexibility index (Phi) is 7.13. The molecule has 112 valence electrons. The van der Waals surface area contributed by atoms with Gasteiger partial charge in [0.2, 0.25) is 0 Å². The van der Waals surface area contributed by atoms with Gasteiger partial charge in [0.1, 0.15) is 4.99 Å². The summed E-state index contributed by atoms with van der Waals surface area (Å²) in [4.78, 5) is 5.17. The van der Waals surface area contributed by atoms with Gasteiger partial charge in [-0.25, -0.2) is 0 Å². The number of nitrogens with two attached hydrogens (primary N) is 1. The van der Waals surface area contributed by atoms with Crippen LogP contribution < -0.4 is 5.73 Å². The van der Waals surface area contributed by atoms with Gasteiger partial charge in [0.05, 0.1) is 0 Å². The molecular weight excluding hydrogens is 266 g/mol. The lowest BCUT2D eigenvalue weighted by atomic mass is 10.1. The maximum absolute atomic E-state index is 5.82. The first-order valence-corrected chi connectivity index (χ1v) is 7.55. The van der Waals surface area contributed by atoms with Crippen LogP contribution in [-0.2, 0) is 6.54 Å². The van der Waals surface area contributed by atoms with E-state index in [0.29, 0.717) is 10.9 Å². The zero-order valence-corrected chi connectivity index (χ0v) is 13.9. The first kappa shape index (κ1) is 17.1. The molecule has 1 aromatic carbocycles. The Bertz CT molecular complexity index is 429. The number of hydrogen-bond donors (Lipinski definition) is 1. The third-order valence-electron chi connectivity index (χ3n) is 3.16. The number of nitrogens with zero attached hydrogens (tertiary/aromatic N) is 2. The molecule has 0 unspecified atom stereocenters. The molecule has 0 spiro atoms. The molecule has 20 heavy (non-hydrogen) atoms. The molecule has 0 aliphatic carbocycles. The molecule has 0 aromatic heterocycles. The molecule has 4 heteroatoms. The van der Waals surface area contributed by atoms with E-state index in [0.717, 1.165) is 31.7 Å². The number of hydrogen-bond acceptors (Lipinski definition) is 3. The standard InChI is InChI=1S/C16H27N3S/c1-13(2)11-19(10-9-18(3)4)12-14-7-5-6-8-15(14)16(17)20/h5-8,13H,9-12H2,1-4H3,(H2,17,20). The minimum Gasteiger partial charge on any atom is -0.389 e. The number of benzene rings is 1. The number of likely N-dealkylation sites (N-methyl/N-ethyl adjacent to an activating group) is 1. The van der Waals surface area contributed by atoms with Crippen molar-refractivity contribution in [1.82, 2.24) is 9.80 Å². The molecule has 0 aliphatic heterocycles. The highest BCUT2D eigenvalue weighted by Gasteiger charge is 2.12. The van der Waals surface area contributed by atoms with Gasteiger partial charge in [-0.2, -0.15) is 0 Å². The van der Waals surface area contributed by atoms with Gasteiger partial charge in [-0.1, -0.05) is 50.3 Å². The summed E-state index contributed by atoms with van der Waals surface area (Å²) < 4.78 is 0. The van der Waals surface area contributed by atoms with Crippen LogP contribution in [0.1, 0.15) is 25.0 Å². The molecule has 0 saturated carbocycles. The average Bonchev–Trinajstić information content (AvgIpc) is 2.35. The van der Waals surface area contributed by atoms with E-state index in [2.05, 4.69) is 49.9 Å². The summed E-state index contributed by atoms with van der Waals surface area (Å²) in [6.45, 7) is 8.60. The van der Waals surface area contributed by atoms with E-state index in [4.69, 9.17) is 18.0 Å². The van der Waals surface area contributed by atoms with Gasteiger partial charge in [0, 0.05) is 31.7 Å². The molecule has 0 radical (unpaired) electrons. The monoisotopic (exact) mass is 293 g/mol. The van der Waals surface area contributed by atoms with Gasteiger partial charge in [-0.3, -0.25) is 4.90 Å². The van der Waals surface area contributed by atoms with Gasteiger partial charge in [-0.15, -0.1) is 0 Å². The molecule has 1 rings (SSSR count). The van der Waals surface area contributed by atoms with Crippen molar-refractivity contribution < 1.29 is 0 Å². The first-order valence-electron chi connectivity index (χ1n) is 7.15. The van der Waals surface area contributed by atoms with Crippen LogP contribution in [0.4, 0.5) is 0 Å². The van der Waals surface area contributed by atoms with Gasteiger partial charge in [0.25, 0.3) is 0 Å². The van der Waals surface area contributed by atoms with Crippen LogP contribution in [0.15, 0.2) is 24.3 Å². The Morgan fingerprint density at radius 2 is 1.85 bits per heavy atom. The van der Waals surface area contributed by atoms with Crippen molar-refractivity contribution in [3.8, 4) is 0 Å². The molecule has 0 atom stereocenters. The van der Waals surface area contributed by atoms with Crippen LogP contribution in [0, 0.1) is 5.92 Å². The fraction of sp³-hybridized carbons (Fsp3) is 0.562. The smallest absolute Gasteiger partial charge is 0.104 e. The largest absolute Gasteiger partial charge is 0.389 e. The summed E-state index contributed by atoms with van der Waals surface area (Å²) in [5.41, 5.74) is 8.04. The summed E-state index contributed by atoms with van der Waals surface area (Å²) in [7, 11) is 4.22. The summed E-state index contributed by atoms with van der Waals surface area (Å²) in [6.07, 6.45) is 0. The van der Waals surface area contributed by atoms with Gasteiger partial charge in [-0.05, 0) is 25.6 Å². The number of thiocarbonyl (C=S) groups is 1. The Morgan fingerprint density at radius 3 is 2.40 bits per heavy atom. The topological polar surface area (TPSA) is 32.5 Å². The van der Waals surface area contributed by atoms with E-state index in [1.54, 1.807) is 0 Å².